The fourth-order valence-electron chi connectivity index (χ4n) is 2.25. The molecule has 0 aliphatic carbocycles. The maximum atomic E-state index is 11.9. The monoisotopic (exact) mass is 284 g/mol. The van der Waals surface area contributed by atoms with Gasteiger partial charge < -0.3 is 15.7 Å². The minimum atomic E-state index is -1.79. The number of ketones is 2. The average molecular weight is 284 g/mol. The van der Waals surface area contributed by atoms with Gasteiger partial charge in [0.1, 0.15) is 11.4 Å². The zero-order valence-corrected chi connectivity index (χ0v) is 11.1. The predicted octanol–water partition coefficient (Wildman–Crippen LogP) is -0.886. The van der Waals surface area contributed by atoms with Gasteiger partial charge in [0.2, 0.25) is 5.91 Å². The van der Waals surface area contributed by atoms with Crippen molar-refractivity contribution in [3.8, 4) is 0 Å². The molecule has 0 radical (unpaired) electrons. The number of hydrogen-bond donors (Lipinski definition) is 2. The van der Waals surface area contributed by atoms with Crippen molar-refractivity contribution in [1.82, 2.24) is 4.90 Å². The topological polar surface area (TPSA) is 118 Å². The highest BCUT2D eigenvalue weighted by Crippen LogP contribution is 2.47. The van der Waals surface area contributed by atoms with E-state index in [1.54, 1.807) is 0 Å². The number of carboxylic acids is 1. The van der Waals surface area contributed by atoms with Crippen LogP contribution >= 0.6 is 11.8 Å². The molecular weight excluding hydrogens is 272 g/mol. The van der Waals surface area contributed by atoms with Gasteiger partial charge >= 0.3 is 5.97 Å². The number of β-lactam (4-membered cyclic amide) rings is 1. The summed E-state index contributed by atoms with van der Waals surface area (Å²) < 4.78 is -1.79. The summed E-state index contributed by atoms with van der Waals surface area (Å²) in [5.41, 5.74) is 5.21. The Balaban J connectivity index is 2.60. The normalized spacial score (nSPS) is 28.1. The van der Waals surface area contributed by atoms with E-state index in [2.05, 4.69) is 0 Å². The number of thioether (sulfide) groups is 1. The summed E-state index contributed by atoms with van der Waals surface area (Å²) >= 11 is 0.825. The van der Waals surface area contributed by atoms with E-state index in [4.69, 9.17) is 5.73 Å². The minimum absolute atomic E-state index is 0.394. The summed E-state index contributed by atoms with van der Waals surface area (Å²) in [6, 6.07) is -0.824. The third kappa shape index (κ3) is 1.63. The first-order chi connectivity index (χ1) is 8.73. The number of carboxylic acid groups (broad SMARTS) is 1. The molecule has 2 atom stereocenters. The summed E-state index contributed by atoms with van der Waals surface area (Å²) in [4.78, 5) is 47.6. The first kappa shape index (κ1) is 13.8. The molecule has 0 aromatic rings. The molecule has 0 bridgehead atoms. The molecule has 0 saturated carbocycles. The van der Waals surface area contributed by atoms with Crippen LogP contribution in [0.2, 0.25) is 0 Å². The van der Waals surface area contributed by atoms with E-state index >= 15 is 0 Å². The zero-order chi connectivity index (χ0) is 14.5. The molecule has 2 aliphatic heterocycles. The fraction of sp³-hybridized carbons (Fsp3) is 0.455. The first-order valence-electron chi connectivity index (χ1n) is 5.46. The molecule has 7 nitrogen and oxygen atoms in total. The smallest absolute Gasteiger partial charge is 0.335 e. The van der Waals surface area contributed by atoms with E-state index in [9.17, 15) is 24.3 Å². The van der Waals surface area contributed by atoms with Crippen LogP contribution in [0.5, 0.6) is 0 Å². The third-order valence-corrected chi connectivity index (χ3v) is 5.20. The minimum Gasteiger partial charge on any atom is -0.478 e. The molecule has 102 valence electrons. The molecule has 1 amide bonds. The van der Waals surface area contributed by atoms with Gasteiger partial charge in [0.05, 0.1) is 5.57 Å². The summed E-state index contributed by atoms with van der Waals surface area (Å²) in [6.45, 7) is 2.32. The zero-order valence-electron chi connectivity index (χ0n) is 10.2. The van der Waals surface area contributed by atoms with Crippen LogP contribution in [-0.2, 0) is 19.2 Å². The fourth-order valence-corrected chi connectivity index (χ4v) is 3.75. The van der Waals surface area contributed by atoms with Gasteiger partial charge in [0.15, 0.2) is 16.3 Å². The van der Waals surface area contributed by atoms with Crippen molar-refractivity contribution in [2.45, 2.75) is 30.0 Å². The second-order valence-electron chi connectivity index (χ2n) is 4.42. The number of amides is 1. The molecule has 3 N–H and O–H groups in total. The summed E-state index contributed by atoms with van der Waals surface area (Å²) in [5.74, 6) is -2.98. The number of carbonyl (C=O) groups is 4. The van der Waals surface area contributed by atoms with E-state index in [0.717, 1.165) is 36.7 Å². The maximum Gasteiger partial charge on any atom is 0.335 e. The van der Waals surface area contributed by atoms with Crippen LogP contribution in [0.15, 0.2) is 11.8 Å². The second-order valence-corrected chi connectivity index (χ2v) is 5.75. The molecule has 1 unspecified atom stereocenters. The van der Waals surface area contributed by atoms with Crippen molar-refractivity contribution in [3.05, 3.63) is 11.8 Å². The van der Waals surface area contributed by atoms with Gasteiger partial charge in [-0.1, -0.05) is 0 Å². The highest BCUT2D eigenvalue weighted by molar-refractivity contribution is 8.03. The lowest BCUT2D eigenvalue weighted by Gasteiger charge is -2.50. The van der Waals surface area contributed by atoms with E-state index in [1.807, 2.05) is 0 Å². The maximum absolute atomic E-state index is 11.9. The molecule has 2 heterocycles. The number of carbonyl (C=O) groups excluding carboxylic acids is 3. The van der Waals surface area contributed by atoms with Crippen molar-refractivity contribution in [3.63, 3.8) is 0 Å². The van der Waals surface area contributed by atoms with Crippen LogP contribution < -0.4 is 5.73 Å². The lowest BCUT2D eigenvalue weighted by molar-refractivity contribution is -0.142. The van der Waals surface area contributed by atoms with Crippen LogP contribution in [0, 0.1) is 0 Å². The van der Waals surface area contributed by atoms with Crippen LogP contribution in [0.1, 0.15) is 13.8 Å². The third-order valence-electron chi connectivity index (χ3n) is 3.29. The first-order valence-corrected chi connectivity index (χ1v) is 6.34. The van der Waals surface area contributed by atoms with E-state index < -0.39 is 45.2 Å². The molecule has 19 heavy (non-hydrogen) atoms. The quantitative estimate of drug-likeness (QED) is 0.510. The number of aliphatic carboxylic acids is 1. The number of nitrogens with zero attached hydrogens (tertiary/aromatic N) is 1. The van der Waals surface area contributed by atoms with Gasteiger partial charge in [0, 0.05) is 6.20 Å². The molecule has 1 saturated heterocycles. The number of nitrogens with two attached hydrogens (primary N) is 1. The predicted molar refractivity (Wildman–Crippen MR) is 66.0 cm³/mol. The van der Waals surface area contributed by atoms with Gasteiger partial charge in [-0.3, -0.25) is 14.4 Å². The van der Waals surface area contributed by atoms with Gasteiger partial charge in [-0.15, -0.1) is 11.8 Å². The Kier molecular flexibility index (Phi) is 3.02. The lowest BCUT2D eigenvalue weighted by Crippen LogP contribution is -2.69. The number of hydrogen-bond acceptors (Lipinski definition) is 6. The summed E-state index contributed by atoms with van der Waals surface area (Å²) in [7, 11) is 0. The standard InChI is InChI=1S/C11H12N2O5S/c1-4(14)11(5(2)15)6(10(17)18)3-13-8(16)7(12)9(13)19-11/h3,7,9H,12H2,1-2H3,(H,17,18)/t7?,9-/m1/s1. The number of rotatable bonds is 3. The Hall–Kier alpha value is -1.67. The lowest BCUT2D eigenvalue weighted by atomic mass is 9.89. The Labute approximate surface area is 112 Å². The Morgan fingerprint density at radius 3 is 2.32 bits per heavy atom. The Bertz CT molecular complexity index is 527. The van der Waals surface area contributed by atoms with Crippen LogP contribution in [-0.4, -0.2) is 49.6 Å². The molecule has 8 heteroatoms. The van der Waals surface area contributed by atoms with E-state index in [0.29, 0.717) is 0 Å². The van der Waals surface area contributed by atoms with Crippen molar-refractivity contribution in [2.24, 2.45) is 5.73 Å². The van der Waals surface area contributed by atoms with Crippen molar-refractivity contribution in [2.75, 3.05) is 0 Å². The summed E-state index contributed by atoms with van der Waals surface area (Å²) in [6.07, 6.45) is 1.05. The molecule has 0 aromatic heterocycles. The summed E-state index contributed by atoms with van der Waals surface area (Å²) in [5, 5.41) is 8.62. The highest BCUT2D eigenvalue weighted by Gasteiger charge is 2.59. The van der Waals surface area contributed by atoms with Gasteiger partial charge in [-0.05, 0) is 13.8 Å². The molecule has 2 rings (SSSR count). The largest absolute Gasteiger partial charge is 0.478 e. The highest BCUT2D eigenvalue weighted by atomic mass is 32.2. The molecule has 0 spiro atoms. The second kappa shape index (κ2) is 4.17. The molecule has 2 aliphatic rings. The SMILES string of the molecule is CC(=O)C1(C(C)=O)S[C@@H]2C(N)C(=O)N2C=C1C(=O)O. The number of Topliss-reactive ketones (excluding diaryl/α,β-unsaturated/α-hetero) is 2. The molecule has 1 fully saturated rings. The molecular formula is C11H12N2O5S. The van der Waals surface area contributed by atoms with Gasteiger partial charge in [0.25, 0.3) is 0 Å². The van der Waals surface area contributed by atoms with E-state index in [-0.39, 0.29) is 0 Å². The Morgan fingerprint density at radius 2 is 1.89 bits per heavy atom. The van der Waals surface area contributed by atoms with E-state index in [1.165, 1.54) is 0 Å². The van der Waals surface area contributed by atoms with Gasteiger partial charge in [-0.2, -0.15) is 0 Å². The molecule has 0 aromatic carbocycles. The average Bonchev–Trinajstić information content (AvgIpc) is 2.35. The van der Waals surface area contributed by atoms with Crippen molar-refractivity contribution in [1.29, 1.82) is 0 Å². The van der Waals surface area contributed by atoms with Crippen LogP contribution in [0.3, 0.4) is 0 Å². The van der Waals surface area contributed by atoms with Crippen molar-refractivity contribution >= 4 is 35.2 Å². The van der Waals surface area contributed by atoms with Gasteiger partial charge in [-0.25, -0.2) is 4.79 Å². The van der Waals surface area contributed by atoms with Crippen LogP contribution in [0.25, 0.3) is 0 Å². The number of fused-ring (bicyclic) bond motifs is 1. The van der Waals surface area contributed by atoms with Crippen LogP contribution in [0.4, 0.5) is 0 Å². The Morgan fingerprint density at radius 1 is 1.37 bits per heavy atom. The van der Waals surface area contributed by atoms with Crippen molar-refractivity contribution < 1.29 is 24.3 Å².